The molecule has 30 heavy (non-hydrogen) atoms. The first-order valence-electron chi connectivity index (χ1n) is 9.37. The lowest BCUT2D eigenvalue weighted by Crippen LogP contribution is -2.26. The van der Waals surface area contributed by atoms with Gasteiger partial charge in [0.15, 0.2) is 0 Å². The molecule has 0 heterocycles. The number of methoxy groups -OCH3 is 2. The first kappa shape index (κ1) is 20.9. The minimum absolute atomic E-state index is 0.299. The molecule has 0 saturated carbocycles. The summed E-state index contributed by atoms with van der Waals surface area (Å²) in [6, 6.07) is 20.8. The number of rotatable bonds is 7. The first-order valence-corrected chi connectivity index (χ1v) is 9.37. The van der Waals surface area contributed by atoms with E-state index in [0.717, 1.165) is 5.56 Å². The molecule has 1 N–H and O–H groups in total. The van der Waals surface area contributed by atoms with Gasteiger partial charge in [0.25, 0.3) is 5.91 Å². The Kier molecular flexibility index (Phi) is 6.70. The van der Waals surface area contributed by atoms with Gasteiger partial charge in [-0.25, -0.2) is 4.79 Å². The van der Waals surface area contributed by atoms with E-state index in [-0.39, 0.29) is 0 Å². The minimum atomic E-state index is -1.13. The van der Waals surface area contributed by atoms with Crippen LogP contribution in [0.5, 0.6) is 11.5 Å². The van der Waals surface area contributed by atoms with E-state index in [1.54, 1.807) is 73.8 Å². The topological polar surface area (TPSA) is 73.9 Å². The van der Waals surface area contributed by atoms with Crippen LogP contribution in [0.2, 0.25) is 0 Å². The van der Waals surface area contributed by atoms with Gasteiger partial charge in [0.05, 0.1) is 19.8 Å². The van der Waals surface area contributed by atoms with E-state index < -0.39 is 18.0 Å². The fraction of sp³-hybridized carbons (Fsp3) is 0.167. The molecule has 0 aromatic heterocycles. The van der Waals surface area contributed by atoms with Crippen molar-refractivity contribution in [2.75, 3.05) is 19.5 Å². The average Bonchev–Trinajstić information content (AvgIpc) is 2.78. The molecule has 0 spiro atoms. The van der Waals surface area contributed by atoms with Gasteiger partial charge in [-0.1, -0.05) is 42.5 Å². The zero-order valence-corrected chi connectivity index (χ0v) is 17.0. The highest BCUT2D eigenvalue weighted by Gasteiger charge is 2.26. The van der Waals surface area contributed by atoms with E-state index in [1.807, 2.05) is 13.0 Å². The third kappa shape index (κ3) is 4.97. The zero-order chi connectivity index (χ0) is 21.5. The molecule has 0 aliphatic rings. The number of amides is 1. The molecule has 1 amide bonds. The summed E-state index contributed by atoms with van der Waals surface area (Å²) >= 11 is 0. The fourth-order valence-corrected chi connectivity index (χ4v) is 2.93. The van der Waals surface area contributed by atoms with E-state index in [0.29, 0.717) is 28.3 Å². The van der Waals surface area contributed by atoms with Gasteiger partial charge in [0, 0.05) is 17.3 Å². The molecule has 154 valence electrons. The number of hydrogen-bond acceptors (Lipinski definition) is 5. The van der Waals surface area contributed by atoms with Crippen LogP contribution in [-0.4, -0.2) is 26.1 Å². The van der Waals surface area contributed by atoms with Crippen LogP contribution in [0.1, 0.15) is 27.6 Å². The van der Waals surface area contributed by atoms with E-state index >= 15 is 0 Å². The summed E-state index contributed by atoms with van der Waals surface area (Å²) in [5, 5.41) is 2.78. The maximum absolute atomic E-state index is 13.0. The second-order valence-corrected chi connectivity index (χ2v) is 6.60. The third-order valence-corrected chi connectivity index (χ3v) is 4.55. The van der Waals surface area contributed by atoms with Gasteiger partial charge >= 0.3 is 5.97 Å². The molecule has 6 nitrogen and oxygen atoms in total. The quantitative estimate of drug-likeness (QED) is 0.584. The first-order chi connectivity index (χ1) is 14.5. The van der Waals surface area contributed by atoms with Crippen molar-refractivity contribution in [1.29, 1.82) is 0 Å². The van der Waals surface area contributed by atoms with Crippen molar-refractivity contribution in [2.45, 2.75) is 13.0 Å². The highest BCUT2D eigenvalue weighted by molar-refractivity contribution is 5.98. The van der Waals surface area contributed by atoms with E-state index in [2.05, 4.69) is 5.32 Å². The SMILES string of the molecule is COc1cccc(NC(=O)C(OC(=O)c2ccc(C)c(OC)c2)c2ccccc2)c1. The number of ether oxygens (including phenoxy) is 3. The molecule has 1 unspecified atom stereocenters. The molecule has 1 atom stereocenters. The van der Waals surface area contributed by atoms with Crippen LogP contribution in [0.3, 0.4) is 0 Å². The maximum Gasteiger partial charge on any atom is 0.339 e. The Bertz CT molecular complexity index is 1030. The Morgan fingerprint density at radius 3 is 2.33 bits per heavy atom. The highest BCUT2D eigenvalue weighted by Crippen LogP contribution is 2.25. The molecule has 6 heteroatoms. The van der Waals surface area contributed by atoms with Gasteiger partial charge < -0.3 is 19.5 Å². The van der Waals surface area contributed by atoms with Gasteiger partial charge in [-0.15, -0.1) is 0 Å². The molecular formula is C24H23NO5. The Labute approximate surface area is 175 Å². The molecule has 0 aliphatic heterocycles. The van der Waals surface area contributed by atoms with Gasteiger partial charge in [-0.05, 0) is 36.8 Å². The van der Waals surface area contributed by atoms with Crippen molar-refractivity contribution in [3.05, 3.63) is 89.5 Å². The normalized spacial score (nSPS) is 11.3. The maximum atomic E-state index is 13.0. The number of aryl methyl sites for hydroxylation is 1. The minimum Gasteiger partial charge on any atom is -0.497 e. The molecule has 0 aliphatic carbocycles. The van der Waals surface area contributed by atoms with Crippen molar-refractivity contribution in [2.24, 2.45) is 0 Å². The van der Waals surface area contributed by atoms with Crippen LogP contribution in [-0.2, 0) is 9.53 Å². The van der Waals surface area contributed by atoms with Crippen LogP contribution >= 0.6 is 0 Å². The van der Waals surface area contributed by atoms with Crippen LogP contribution in [0.25, 0.3) is 0 Å². The number of esters is 1. The Balaban J connectivity index is 1.85. The Morgan fingerprint density at radius 2 is 1.63 bits per heavy atom. The largest absolute Gasteiger partial charge is 0.497 e. The van der Waals surface area contributed by atoms with Gasteiger partial charge in [0.1, 0.15) is 11.5 Å². The molecular weight excluding hydrogens is 382 g/mol. The van der Waals surface area contributed by atoms with Crippen LogP contribution in [0.4, 0.5) is 5.69 Å². The lowest BCUT2D eigenvalue weighted by atomic mass is 10.1. The molecule has 0 bridgehead atoms. The van der Waals surface area contributed by atoms with E-state index in [4.69, 9.17) is 14.2 Å². The Hall–Kier alpha value is -3.80. The summed E-state index contributed by atoms with van der Waals surface area (Å²) in [5.74, 6) is 0.0826. The highest BCUT2D eigenvalue weighted by atomic mass is 16.5. The number of anilines is 1. The molecule has 0 saturated heterocycles. The molecule has 3 aromatic rings. The van der Waals surface area contributed by atoms with Gasteiger partial charge in [0.2, 0.25) is 6.10 Å². The summed E-state index contributed by atoms with van der Waals surface area (Å²) in [6.45, 7) is 1.88. The number of carbonyl (C=O) groups is 2. The lowest BCUT2D eigenvalue weighted by Gasteiger charge is -2.19. The summed E-state index contributed by atoms with van der Waals surface area (Å²) in [4.78, 5) is 25.8. The molecule has 0 radical (unpaired) electrons. The van der Waals surface area contributed by atoms with Crippen LogP contribution in [0.15, 0.2) is 72.8 Å². The van der Waals surface area contributed by atoms with Crippen molar-refractivity contribution in [1.82, 2.24) is 0 Å². The molecule has 0 fully saturated rings. The monoisotopic (exact) mass is 405 g/mol. The summed E-state index contributed by atoms with van der Waals surface area (Å²) < 4.78 is 16.1. The lowest BCUT2D eigenvalue weighted by molar-refractivity contribution is -0.125. The molecule has 3 rings (SSSR count). The Morgan fingerprint density at radius 1 is 0.867 bits per heavy atom. The fourth-order valence-electron chi connectivity index (χ4n) is 2.93. The van der Waals surface area contributed by atoms with Crippen molar-refractivity contribution in [3.8, 4) is 11.5 Å². The van der Waals surface area contributed by atoms with Crippen molar-refractivity contribution >= 4 is 17.6 Å². The second kappa shape index (κ2) is 9.60. The van der Waals surface area contributed by atoms with Crippen molar-refractivity contribution in [3.63, 3.8) is 0 Å². The molecule has 3 aromatic carbocycles. The number of benzene rings is 3. The van der Waals surface area contributed by atoms with Crippen LogP contribution in [0, 0.1) is 6.92 Å². The van der Waals surface area contributed by atoms with Crippen molar-refractivity contribution < 1.29 is 23.8 Å². The van der Waals surface area contributed by atoms with Gasteiger partial charge in [-0.3, -0.25) is 4.79 Å². The number of hydrogen-bond donors (Lipinski definition) is 1. The van der Waals surface area contributed by atoms with E-state index in [9.17, 15) is 9.59 Å². The summed E-state index contributed by atoms with van der Waals surface area (Å²) in [5.41, 5.74) is 2.29. The second-order valence-electron chi connectivity index (χ2n) is 6.60. The summed E-state index contributed by atoms with van der Waals surface area (Å²) in [6.07, 6.45) is -1.13. The zero-order valence-electron chi connectivity index (χ0n) is 17.0. The number of carbonyl (C=O) groups excluding carboxylic acids is 2. The third-order valence-electron chi connectivity index (χ3n) is 4.55. The predicted octanol–water partition coefficient (Wildman–Crippen LogP) is 4.55. The van der Waals surface area contributed by atoms with Gasteiger partial charge in [-0.2, -0.15) is 0 Å². The summed E-state index contributed by atoms with van der Waals surface area (Å²) in [7, 11) is 3.08. The smallest absolute Gasteiger partial charge is 0.339 e. The standard InChI is InChI=1S/C24H23NO5/c1-16-12-13-18(14-21(16)29-3)24(27)30-22(17-8-5-4-6-9-17)23(26)25-19-10-7-11-20(15-19)28-2/h4-15,22H,1-3H3,(H,25,26). The number of nitrogens with one attached hydrogen (secondary N) is 1. The predicted molar refractivity (Wildman–Crippen MR) is 114 cm³/mol. The average molecular weight is 405 g/mol. The van der Waals surface area contributed by atoms with E-state index in [1.165, 1.54) is 7.11 Å². The van der Waals surface area contributed by atoms with Crippen LogP contribution < -0.4 is 14.8 Å².